The maximum absolute atomic E-state index is 13.2. The molecule has 4 aromatic rings. The molecule has 0 aliphatic carbocycles. The number of rotatable bonds is 3. The van der Waals surface area contributed by atoms with Crippen LogP contribution in [0, 0.1) is 13.8 Å². The molecule has 0 bridgehead atoms. The minimum Gasteiger partial charge on any atom is -0.322 e. The molecule has 4 rings (SSSR count). The maximum atomic E-state index is 13.2. The van der Waals surface area contributed by atoms with E-state index in [-0.39, 0.29) is 5.91 Å². The summed E-state index contributed by atoms with van der Waals surface area (Å²) in [5.74, 6) is -0.143. The quantitative estimate of drug-likeness (QED) is 0.441. The van der Waals surface area contributed by atoms with Crippen molar-refractivity contribution in [2.45, 2.75) is 13.8 Å². The topological polar surface area (TPSA) is 42.0 Å². The van der Waals surface area contributed by atoms with Crippen LogP contribution in [0.4, 0.5) is 5.69 Å². The van der Waals surface area contributed by atoms with Gasteiger partial charge in [0, 0.05) is 21.7 Å². The molecule has 0 radical (unpaired) electrons. The fourth-order valence-electron chi connectivity index (χ4n) is 3.32. The number of aromatic nitrogens is 1. The third-order valence-electron chi connectivity index (χ3n) is 4.79. The molecule has 1 amide bonds. The number of anilines is 1. The molecular weight excluding hydrogens is 368 g/mol. The monoisotopic (exact) mass is 386 g/mol. The number of carbonyl (C=O) groups excluding carboxylic acids is 1. The van der Waals surface area contributed by atoms with Gasteiger partial charge in [-0.25, -0.2) is 4.98 Å². The Morgan fingerprint density at radius 2 is 1.57 bits per heavy atom. The van der Waals surface area contributed by atoms with Gasteiger partial charge in [-0.3, -0.25) is 4.79 Å². The first-order valence-electron chi connectivity index (χ1n) is 9.06. The summed E-state index contributed by atoms with van der Waals surface area (Å²) in [5.41, 5.74) is 5.88. The highest BCUT2D eigenvalue weighted by Gasteiger charge is 2.19. The van der Waals surface area contributed by atoms with Gasteiger partial charge in [0.15, 0.2) is 0 Å². The molecule has 0 aliphatic heterocycles. The number of nitrogens with one attached hydrogen (secondary N) is 1. The van der Waals surface area contributed by atoms with Crippen LogP contribution in [0.5, 0.6) is 0 Å². The average molecular weight is 387 g/mol. The fraction of sp³-hybridized carbons (Fsp3) is 0.0833. The van der Waals surface area contributed by atoms with Gasteiger partial charge < -0.3 is 5.32 Å². The maximum Gasteiger partial charge on any atom is 0.256 e. The summed E-state index contributed by atoms with van der Waals surface area (Å²) in [6.07, 6.45) is 0. The van der Waals surface area contributed by atoms with Crippen LogP contribution in [0.3, 0.4) is 0 Å². The Morgan fingerprint density at radius 3 is 2.29 bits per heavy atom. The number of carbonyl (C=O) groups is 1. The number of para-hydroxylation sites is 1. The number of benzene rings is 3. The third-order valence-corrected chi connectivity index (χ3v) is 5.04. The smallest absolute Gasteiger partial charge is 0.256 e. The van der Waals surface area contributed by atoms with Gasteiger partial charge in [0.05, 0.1) is 16.8 Å². The zero-order valence-electron chi connectivity index (χ0n) is 15.7. The van der Waals surface area contributed by atoms with Gasteiger partial charge in [0.2, 0.25) is 0 Å². The van der Waals surface area contributed by atoms with Gasteiger partial charge in [-0.15, -0.1) is 0 Å². The first-order chi connectivity index (χ1) is 13.5. The van der Waals surface area contributed by atoms with Crippen LogP contribution in [0.15, 0.2) is 72.8 Å². The highest BCUT2D eigenvalue weighted by Crippen LogP contribution is 2.31. The minimum absolute atomic E-state index is 0.143. The molecule has 28 heavy (non-hydrogen) atoms. The molecule has 0 spiro atoms. The van der Waals surface area contributed by atoms with Crippen LogP contribution in [0.1, 0.15) is 21.5 Å². The van der Waals surface area contributed by atoms with Crippen LogP contribution in [0.25, 0.3) is 22.2 Å². The SMILES string of the molecule is Cc1ccc(NC(=O)c2c(C)c(-c3ccc(Cl)cc3)nc3ccccc23)cc1. The number of halogens is 1. The number of hydrogen-bond donors (Lipinski definition) is 1. The summed E-state index contributed by atoms with van der Waals surface area (Å²) in [6.45, 7) is 3.96. The highest BCUT2D eigenvalue weighted by atomic mass is 35.5. The molecule has 1 N–H and O–H groups in total. The largest absolute Gasteiger partial charge is 0.322 e. The Balaban J connectivity index is 1.86. The van der Waals surface area contributed by atoms with Gasteiger partial charge >= 0.3 is 0 Å². The molecule has 3 nitrogen and oxygen atoms in total. The third kappa shape index (κ3) is 3.49. The highest BCUT2D eigenvalue weighted by molar-refractivity contribution is 6.30. The average Bonchev–Trinajstić information content (AvgIpc) is 2.70. The van der Waals surface area contributed by atoms with E-state index in [9.17, 15) is 4.79 Å². The lowest BCUT2D eigenvalue weighted by molar-refractivity contribution is 0.102. The summed E-state index contributed by atoms with van der Waals surface area (Å²) in [5, 5.41) is 4.52. The summed E-state index contributed by atoms with van der Waals surface area (Å²) in [4.78, 5) is 18.0. The van der Waals surface area contributed by atoms with Crippen LogP contribution in [0.2, 0.25) is 5.02 Å². The predicted octanol–water partition coefficient (Wildman–Crippen LogP) is 6.42. The Kier molecular flexibility index (Phi) is 4.84. The Labute approximate surface area is 169 Å². The van der Waals surface area contributed by atoms with Gasteiger partial charge in [0.1, 0.15) is 0 Å². The summed E-state index contributed by atoms with van der Waals surface area (Å²) < 4.78 is 0. The Hall–Kier alpha value is -3.17. The minimum atomic E-state index is -0.143. The van der Waals surface area contributed by atoms with Gasteiger partial charge in [-0.05, 0) is 49.7 Å². The first-order valence-corrected chi connectivity index (χ1v) is 9.44. The van der Waals surface area contributed by atoms with Crippen LogP contribution in [-0.4, -0.2) is 10.9 Å². The molecule has 0 unspecified atom stereocenters. The molecule has 0 aliphatic rings. The van der Waals surface area contributed by atoms with Crippen molar-refractivity contribution in [1.82, 2.24) is 4.98 Å². The number of pyridine rings is 1. The van der Waals surface area contributed by atoms with E-state index in [4.69, 9.17) is 16.6 Å². The molecule has 4 heteroatoms. The van der Waals surface area contributed by atoms with E-state index in [1.165, 1.54) is 0 Å². The lowest BCUT2D eigenvalue weighted by Gasteiger charge is -2.15. The normalized spacial score (nSPS) is 10.8. The van der Waals surface area contributed by atoms with Crippen molar-refractivity contribution >= 4 is 34.1 Å². The van der Waals surface area contributed by atoms with E-state index >= 15 is 0 Å². The summed E-state index contributed by atoms with van der Waals surface area (Å²) in [7, 11) is 0. The van der Waals surface area contributed by atoms with E-state index in [1.807, 2.05) is 86.6 Å². The van der Waals surface area contributed by atoms with Crippen molar-refractivity contribution in [3.05, 3.63) is 94.5 Å². The molecule has 0 atom stereocenters. The second kappa shape index (κ2) is 7.45. The molecule has 1 aromatic heterocycles. The van der Waals surface area contributed by atoms with Crippen molar-refractivity contribution in [2.24, 2.45) is 0 Å². The molecule has 0 saturated heterocycles. The number of hydrogen-bond acceptors (Lipinski definition) is 2. The number of aryl methyl sites for hydroxylation is 1. The van der Waals surface area contributed by atoms with Crippen molar-refractivity contribution in [3.8, 4) is 11.3 Å². The van der Waals surface area contributed by atoms with Gasteiger partial charge in [-0.1, -0.05) is 59.6 Å². The van der Waals surface area contributed by atoms with Crippen LogP contribution in [-0.2, 0) is 0 Å². The van der Waals surface area contributed by atoms with Crippen molar-refractivity contribution in [1.29, 1.82) is 0 Å². The Morgan fingerprint density at radius 1 is 0.893 bits per heavy atom. The van der Waals surface area contributed by atoms with E-state index < -0.39 is 0 Å². The molecule has 1 heterocycles. The molecule has 138 valence electrons. The number of nitrogens with zero attached hydrogens (tertiary/aromatic N) is 1. The molecule has 3 aromatic carbocycles. The van der Waals surface area contributed by atoms with Crippen molar-refractivity contribution in [2.75, 3.05) is 5.32 Å². The van der Waals surface area contributed by atoms with Gasteiger partial charge in [0.25, 0.3) is 5.91 Å². The summed E-state index contributed by atoms with van der Waals surface area (Å²) >= 11 is 6.03. The molecule has 0 saturated carbocycles. The standard InChI is InChI=1S/C24H19ClN2O/c1-15-7-13-19(14-8-15)26-24(28)22-16(2)23(17-9-11-18(25)12-10-17)27-21-6-4-3-5-20(21)22/h3-14H,1-2H3,(H,26,28). The summed E-state index contributed by atoms with van der Waals surface area (Å²) in [6, 6.07) is 23.0. The lowest BCUT2D eigenvalue weighted by atomic mass is 9.97. The zero-order chi connectivity index (χ0) is 19.7. The molecular formula is C24H19ClN2O. The number of fused-ring (bicyclic) bond motifs is 1. The van der Waals surface area contributed by atoms with E-state index in [0.29, 0.717) is 10.6 Å². The first kappa shape index (κ1) is 18.2. The number of amides is 1. The Bertz CT molecular complexity index is 1170. The second-order valence-corrected chi connectivity index (χ2v) is 7.24. The van der Waals surface area contributed by atoms with E-state index in [0.717, 1.165) is 39.0 Å². The van der Waals surface area contributed by atoms with E-state index in [1.54, 1.807) is 0 Å². The van der Waals surface area contributed by atoms with Crippen molar-refractivity contribution in [3.63, 3.8) is 0 Å². The van der Waals surface area contributed by atoms with E-state index in [2.05, 4.69) is 5.32 Å². The van der Waals surface area contributed by atoms with Crippen LogP contribution >= 0.6 is 11.6 Å². The van der Waals surface area contributed by atoms with Crippen LogP contribution < -0.4 is 5.32 Å². The second-order valence-electron chi connectivity index (χ2n) is 6.80. The van der Waals surface area contributed by atoms with Crippen molar-refractivity contribution < 1.29 is 4.79 Å². The molecule has 0 fully saturated rings. The lowest BCUT2D eigenvalue weighted by Crippen LogP contribution is -2.15. The fourth-order valence-corrected chi connectivity index (χ4v) is 3.45. The zero-order valence-corrected chi connectivity index (χ0v) is 16.4. The van der Waals surface area contributed by atoms with Gasteiger partial charge in [-0.2, -0.15) is 0 Å². The predicted molar refractivity (Wildman–Crippen MR) is 116 cm³/mol.